The lowest BCUT2D eigenvalue weighted by Crippen LogP contribution is -2.39. The molecule has 0 bridgehead atoms. The molecule has 1 amide bonds. The van der Waals surface area contributed by atoms with Crippen LogP contribution in [-0.2, 0) is 11.3 Å². The first kappa shape index (κ1) is 18.1. The second-order valence-electron chi connectivity index (χ2n) is 6.49. The van der Waals surface area contributed by atoms with E-state index < -0.39 is 0 Å². The van der Waals surface area contributed by atoms with Gasteiger partial charge in [0, 0.05) is 12.2 Å². The second kappa shape index (κ2) is 8.06. The number of hydrogen-bond donors (Lipinski definition) is 1. The van der Waals surface area contributed by atoms with Crippen LogP contribution < -0.4 is 5.32 Å². The van der Waals surface area contributed by atoms with Gasteiger partial charge < -0.3 is 5.32 Å². The van der Waals surface area contributed by atoms with Crippen molar-refractivity contribution in [3.05, 3.63) is 65.5 Å². The highest BCUT2D eigenvalue weighted by atomic mass is 19.1. The first-order valence-corrected chi connectivity index (χ1v) is 8.22. The average Bonchev–Trinajstić information content (AvgIpc) is 2.54. The van der Waals surface area contributed by atoms with E-state index in [2.05, 4.69) is 19.2 Å². The van der Waals surface area contributed by atoms with Gasteiger partial charge in [-0.1, -0.05) is 38.1 Å². The Kier molecular flexibility index (Phi) is 6.10. The normalized spacial score (nSPS) is 12.5. The lowest BCUT2D eigenvalue weighted by atomic mass is 10.0. The maximum atomic E-state index is 13.3. The van der Waals surface area contributed by atoms with Crippen LogP contribution in [0.25, 0.3) is 0 Å². The van der Waals surface area contributed by atoms with Gasteiger partial charge in [-0.3, -0.25) is 9.69 Å². The van der Waals surface area contributed by atoms with Crippen molar-refractivity contribution in [3.63, 3.8) is 0 Å². The first-order valence-electron chi connectivity index (χ1n) is 8.22. The molecular formula is C20H25FN2O. The fraction of sp³-hybridized carbons (Fsp3) is 0.350. The maximum Gasteiger partial charge on any atom is 0.241 e. The average molecular weight is 328 g/mol. The molecule has 0 unspecified atom stereocenters. The van der Waals surface area contributed by atoms with Crippen molar-refractivity contribution >= 4 is 11.6 Å². The number of nitrogens with zero attached hydrogens (tertiary/aromatic N) is 1. The van der Waals surface area contributed by atoms with E-state index in [-0.39, 0.29) is 17.8 Å². The zero-order valence-electron chi connectivity index (χ0n) is 14.7. The number of anilines is 1. The summed E-state index contributed by atoms with van der Waals surface area (Å²) in [6.07, 6.45) is 0. The van der Waals surface area contributed by atoms with Crippen LogP contribution >= 0.6 is 0 Å². The summed E-state index contributed by atoms with van der Waals surface area (Å²) in [7, 11) is 1.86. The van der Waals surface area contributed by atoms with E-state index in [0.717, 1.165) is 11.3 Å². The fourth-order valence-corrected chi connectivity index (χ4v) is 2.46. The summed E-state index contributed by atoms with van der Waals surface area (Å²) in [4.78, 5) is 14.3. The van der Waals surface area contributed by atoms with Gasteiger partial charge in [0.15, 0.2) is 0 Å². The predicted octanol–water partition coefficient (Wildman–Crippen LogP) is 4.41. The summed E-state index contributed by atoms with van der Waals surface area (Å²) in [5.74, 6) is 0.125. The van der Waals surface area contributed by atoms with Crippen molar-refractivity contribution in [2.24, 2.45) is 0 Å². The Morgan fingerprint density at radius 3 is 2.38 bits per heavy atom. The molecule has 4 heteroatoms. The van der Waals surface area contributed by atoms with Crippen molar-refractivity contribution in [1.29, 1.82) is 0 Å². The standard InChI is InChI=1S/C20H25FN2O/c1-14(2)17-8-10-19(11-9-17)22-20(24)15(3)23(4)13-16-6-5-7-18(21)12-16/h5-12,14-15H,13H2,1-4H3,(H,22,24)/t15-/m0/s1. The van der Waals surface area contributed by atoms with Crippen molar-refractivity contribution < 1.29 is 9.18 Å². The number of carbonyl (C=O) groups excluding carboxylic acids is 1. The number of amides is 1. The van der Waals surface area contributed by atoms with Crippen LogP contribution in [0.1, 0.15) is 37.8 Å². The van der Waals surface area contributed by atoms with E-state index in [9.17, 15) is 9.18 Å². The van der Waals surface area contributed by atoms with E-state index in [1.54, 1.807) is 6.07 Å². The molecule has 0 aliphatic rings. The molecule has 0 spiro atoms. The van der Waals surface area contributed by atoms with Gasteiger partial charge in [0.1, 0.15) is 5.82 Å². The molecule has 0 saturated carbocycles. The van der Waals surface area contributed by atoms with Gasteiger partial charge in [0.25, 0.3) is 0 Å². The van der Waals surface area contributed by atoms with Crippen LogP contribution in [0, 0.1) is 5.82 Å². The smallest absolute Gasteiger partial charge is 0.241 e. The number of nitrogens with one attached hydrogen (secondary N) is 1. The zero-order chi connectivity index (χ0) is 17.7. The highest BCUT2D eigenvalue weighted by molar-refractivity contribution is 5.94. The highest BCUT2D eigenvalue weighted by Gasteiger charge is 2.18. The molecular weight excluding hydrogens is 303 g/mol. The molecule has 0 aliphatic carbocycles. The van der Waals surface area contributed by atoms with Gasteiger partial charge in [-0.05, 0) is 55.3 Å². The van der Waals surface area contributed by atoms with Crippen molar-refractivity contribution in [2.45, 2.75) is 39.3 Å². The van der Waals surface area contributed by atoms with Crippen LogP contribution in [0.5, 0.6) is 0 Å². The molecule has 24 heavy (non-hydrogen) atoms. The Morgan fingerprint density at radius 1 is 1.12 bits per heavy atom. The minimum Gasteiger partial charge on any atom is -0.325 e. The van der Waals surface area contributed by atoms with E-state index in [1.165, 1.54) is 17.7 Å². The van der Waals surface area contributed by atoms with Crippen LogP contribution in [0.3, 0.4) is 0 Å². The number of likely N-dealkylation sites (N-methyl/N-ethyl adjacent to an activating group) is 1. The Labute approximate surface area is 143 Å². The van der Waals surface area contributed by atoms with Gasteiger partial charge in [0.05, 0.1) is 6.04 Å². The lowest BCUT2D eigenvalue weighted by Gasteiger charge is -2.24. The molecule has 0 aliphatic heterocycles. The Morgan fingerprint density at radius 2 is 1.79 bits per heavy atom. The van der Waals surface area contributed by atoms with Crippen molar-refractivity contribution in [3.8, 4) is 0 Å². The fourth-order valence-electron chi connectivity index (χ4n) is 2.46. The second-order valence-corrected chi connectivity index (χ2v) is 6.49. The largest absolute Gasteiger partial charge is 0.325 e. The van der Waals surface area contributed by atoms with Crippen LogP contribution in [0.15, 0.2) is 48.5 Å². The number of carbonyl (C=O) groups is 1. The molecule has 0 heterocycles. The zero-order valence-corrected chi connectivity index (χ0v) is 14.7. The summed E-state index contributed by atoms with van der Waals surface area (Å²) < 4.78 is 13.3. The first-order chi connectivity index (χ1) is 11.4. The van der Waals surface area contributed by atoms with Crippen molar-refractivity contribution in [2.75, 3.05) is 12.4 Å². The predicted molar refractivity (Wildman–Crippen MR) is 96.5 cm³/mol. The Balaban J connectivity index is 1.95. The minimum atomic E-state index is -0.321. The number of hydrogen-bond acceptors (Lipinski definition) is 2. The molecule has 0 radical (unpaired) electrons. The summed E-state index contributed by atoms with van der Waals surface area (Å²) in [5.41, 5.74) is 2.87. The summed E-state index contributed by atoms with van der Waals surface area (Å²) in [5, 5.41) is 2.93. The van der Waals surface area contributed by atoms with E-state index >= 15 is 0 Å². The summed E-state index contributed by atoms with van der Waals surface area (Å²) in [6, 6.07) is 14.0. The van der Waals surface area contributed by atoms with Gasteiger partial charge in [-0.25, -0.2) is 4.39 Å². The molecule has 1 atom stereocenters. The Bertz CT molecular complexity index is 682. The van der Waals surface area contributed by atoms with Gasteiger partial charge in [-0.15, -0.1) is 0 Å². The SMILES string of the molecule is CC(C)c1ccc(NC(=O)[C@H](C)N(C)Cc2cccc(F)c2)cc1. The molecule has 0 aromatic heterocycles. The molecule has 0 fully saturated rings. The number of rotatable bonds is 6. The third-order valence-corrected chi connectivity index (χ3v) is 4.21. The summed E-state index contributed by atoms with van der Waals surface area (Å²) in [6.45, 7) is 6.63. The van der Waals surface area contributed by atoms with Crippen LogP contribution in [-0.4, -0.2) is 23.9 Å². The van der Waals surface area contributed by atoms with Gasteiger partial charge in [-0.2, -0.15) is 0 Å². The van der Waals surface area contributed by atoms with E-state index in [1.807, 2.05) is 49.2 Å². The lowest BCUT2D eigenvalue weighted by molar-refractivity contribution is -0.120. The molecule has 2 aromatic carbocycles. The van der Waals surface area contributed by atoms with Crippen LogP contribution in [0.2, 0.25) is 0 Å². The minimum absolute atomic E-state index is 0.0776. The Hall–Kier alpha value is -2.20. The van der Waals surface area contributed by atoms with Gasteiger partial charge in [0.2, 0.25) is 5.91 Å². The molecule has 2 aromatic rings. The molecule has 2 rings (SSSR count). The number of halogens is 1. The molecule has 0 saturated heterocycles. The van der Waals surface area contributed by atoms with Crippen molar-refractivity contribution in [1.82, 2.24) is 4.90 Å². The number of benzene rings is 2. The quantitative estimate of drug-likeness (QED) is 0.852. The molecule has 128 valence electrons. The van der Waals surface area contributed by atoms with E-state index in [0.29, 0.717) is 12.5 Å². The topological polar surface area (TPSA) is 32.3 Å². The third-order valence-electron chi connectivity index (χ3n) is 4.21. The van der Waals surface area contributed by atoms with Crippen LogP contribution in [0.4, 0.5) is 10.1 Å². The molecule has 3 nitrogen and oxygen atoms in total. The summed E-state index contributed by atoms with van der Waals surface area (Å²) >= 11 is 0. The molecule has 1 N–H and O–H groups in total. The maximum absolute atomic E-state index is 13.3. The third kappa shape index (κ3) is 4.90. The monoisotopic (exact) mass is 328 g/mol. The highest BCUT2D eigenvalue weighted by Crippen LogP contribution is 2.17. The van der Waals surface area contributed by atoms with Gasteiger partial charge >= 0.3 is 0 Å². The van der Waals surface area contributed by atoms with E-state index in [4.69, 9.17) is 0 Å².